The number of rotatable bonds is 3. The van der Waals surface area contributed by atoms with Crippen LogP contribution >= 0.6 is 27.5 Å². The molecule has 8 heteroatoms. The summed E-state index contributed by atoms with van der Waals surface area (Å²) in [5.74, 6) is -0.0437. The molecule has 1 aromatic heterocycles. The summed E-state index contributed by atoms with van der Waals surface area (Å²) in [7, 11) is 0. The van der Waals surface area contributed by atoms with Crippen LogP contribution in [0.1, 0.15) is 17.7 Å². The van der Waals surface area contributed by atoms with E-state index in [0.29, 0.717) is 5.56 Å². The average Bonchev–Trinajstić information content (AvgIpc) is 2.16. The van der Waals surface area contributed by atoms with Crippen LogP contribution in [0.4, 0.5) is 14.5 Å². The van der Waals surface area contributed by atoms with Crippen LogP contribution in [0.15, 0.2) is 10.7 Å². The zero-order valence-corrected chi connectivity index (χ0v) is 9.43. The maximum atomic E-state index is 12.4. The lowest BCUT2D eigenvalue weighted by atomic mass is 10.2. The fourth-order valence-corrected chi connectivity index (χ4v) is 1.91. The summed E-state index contributed by atoms with van der Waals surface area (Å²) in [5.41, 5.74) is -1.29. The molecule has 0 N–H and O–H groups in total. The molecule has 15 heavy (non-hydrogen) atoms. The van der Waals surface area contributed by atoms with Crippen molar-refractivity contribution in [2.24, 2.45) is 0 Å². The van der Waals surface area contributed by atoms with Crippen molar-refractivity contribution in [3.05, 3.63) is 32.0 Å². The third-order valence-electron chi connectivity index (χ3n) is 1.63. The van der Waals surface area contributed by atoms with E-state index in [9.17, 15) is 18.9 Å². The molecule has 1 rings (SSSR count). The molecule has 0 unspecified atom stereocenters. The number of halogens is 4. The van der Waals surface area contributed by atoms with Gasteiger partial charge < -0.3 is 0 Å². The van der Waals surface area contributed by atoms with Crippen LogP contribution < -0.4 is 0 Å². The molecule has 1 aromatic rings. The maximum absolute atomic E-state index is 12.4. The number of aromatic nitrogens is 1. The van der Waals surface area contributed by atoms with E-state index in [2.05, 4.69) is 20.9 Å². The molecule has 0 aliphatic heterocycles. The average molecular weight is 301 g/mol. The molecule has 0 saturated heterocycles. The Morgan fingerprint density at radius 1 is 1.67 bits per heavy atom. The second kappa shape index (κ2) is 4.80. The summed E-state index contributed by atoms with van der Waals surface area (Å²) < 4.78 is 24.7. The smallest absolute Gasteiger partial charge is 0.258 e. The van der Waals surface area contributed by atoms with Gasteiger partial charge in [0.2, 0.25) is 0 Å². The molecule has 0 fully saturated rings. The molecule has 0 spiro atoms. The van der Waals surface area contributed by atoms with E-state index in [0.717, 1.165) is 6.20 Å². The summed E-state index contributed by atoms with van der Waals surface area (Å²) >= 11 is 8.32. The highest BCUT2D eigenvalue weighted by molar-refractivity contribution is 9.10. The first kappa shape index (κ1) is 12.3. The van der Waals surface area contributed by atoms with E-state index in [4.69, 9.17) is 11.6 Å². The first-order chi connectivity index (χ1) is 6.99. The first-order valence-corrected chi connectivity index (χ1v) is 4.97. The minimum atomic E-state index is -2.99. The molecule has 0 amide bonds. The minimum Gasteiger partial charge on any atom is -0.258 e. The molecular formula is C7H4BrClF2N2O2. The topological polar surface area (TPSA) is 56.0 Å². The fourth-order valence-electron chi connectivity index (χ4n) is 0.956. The van der Waals surface area contributed by atoms with Gasteiger partial charge in [-0.1, -0.05) is 0 Å². The molecule has 0 radical (unpaired) electrons. The Morgan fingerprint density at radius 2 is 2.27 bits per heavy atom. The quantitative estimate of drug-likeness (QED) is 0.488. The SMILES string of the molecule is O=[N+]([O-])c1c(C(F)F)ncc(CCl)c1Br. The summed E-state index contributed by atoms with van der Waals surface area (Å²) in [6, 6.07) is 0. The van der Waals surface area contributed by atoms with Gasteiger partial charge in [0.05, 0.1) is 10.8 Å². The molecule has 4 nitrogen and oxygen atoms in total. The third kappa shape index (κ3) is 2.40. The van der Waals surface area contributed by atoms with E-state index in [-0.39, 0.29) is 10.4 Å². The van der Waals surface area contributed by atoms with Gasteiger partial charge >= 0.3 is 5.69 Å². The molecule has 0 bridgehead atoms. The first-order valence-electron chi connectivity index (χ1n) is 3.64. The summed E-state index contributed by atoms with van der Waals surface area (Å²) in [4.78, 5) is 13.0. The predicted molar refractivity (Wildman–Crippen MR) is 53.1 cm³/mol. The van der Waals surface area contributed by atoms with Crippen molar-refractivity contribution in [2.45, 2.75) is 12.3 Å². The van der Waals surface area contributed by atoms with Gasteiger partial charge in [0, 0.05) is 11.8 Å². The van der Waals surface area contributed by atoms with Gasteiger partial charge in [-0.3, -0.25) is 10.1 Å². The Kier molecular flexibility index (Phi) is 3.92. The van der Waals surface area contributed by atoms with Crippen molar-refractivity contribution < 1.29 is 13.7 Å². The number of alkyl halides is 3. The van der Waals surface area contributed by atoms with Crippen molar-refractivity contribution >= 4 is 33.2 Å². The Bertz CT molecular complexity index is 403. The number of pyridine rings is 1. The van der Waals surface area contributed by atoms with Crippen molar-refractivity contribution in [2.75, 3.05) is 0 Å². The fraction of sp³-hybridized carbons (Fsp3) is 0.286. The summed E-state index contributed by atoms with van der Waals surface area (Å²) in [6.07, 6.45) is -1.91. The highest BCUT2D eigenvalue weighted by Crippen LogP contribution is 2.35. The van der Waals surface area contributed by atoms with Gasteiger partial charge in [-0.25, -0.2) is 13.8 Å². The Labute approximate surface area is 96.5 Å². The molecule has 0 saturated carbocycles. The van der Waals surface area contributed by atoms with Gasteiger partial charge in [-0.2, -0.15) is 0 Å². The number of nitro groups is 1. The lowest BCUT2D eigenvalue weighted by Gasteiger charge is -2.05. The minimum absolute atomic E-state index is 0.0437. The lowest BCUT2D eigenvalue weighted by molar-refractivity contribution is -0.387. The van der Waals surface area contributed by atoms with Crippen LogP contribution in [0.3, 0.4) is 0 Å². The Hall–Kier alpha value is -0.820. The van der Waals surface area contributed by atoms with Gasteiger partial charge in [-0.05, 0) is 15.9 Å². The van der Waals surface area contributed by atoms with Crippen LogP contribution in [-0.4, -0.2) is 9.91 Å². The third-order valence-corrected chi connectivity index (χ3v) is 2.80. The number of hydrogen-bond acceptors (Lipinski definition) is 3. The van der Waals surface area contributed by atoms with E-state index in [1.807, 2.05) is 0 Å². The van der Waals surface area contributed by atoms with Crippen LogP contribution in [-0.2, 0) is 5.88 Å². The van der Waals surface area contributed by atoms with Crippen LogP contribution in [0.2, 0.25) is 0 Å². The van der Waals surface area contributed by atoms with E-state index in [1.54, 1.807) is 0 Å². The van der Waals surface area contributed by atoms with Crippen LogP contribution in [0.25, 0.3) is 0 Å². The van der Waals surface area contributed by atoms with E-state index >= 15 is 0 Å². The molecule has 0 aliphatic rings. The highest BCUT2D eigenvalue weighted by atomic mass is 79.9. The van der Waals surface area contributed by atoms with Gasteiger partial charge in [-0.15, -0.1) is 11.6 Å². The van der Waals surface area contributed by atoms with Gasteiger partial charge in [0.1, 0.15) is 4.47 Å². The zero-order chi connectivity index (χ0) is 11.6. The van der Waals surface area contributed by atoms with Crippen molar-refractivity contribution in [1.82, 2.24) is 4.98 Å². The molecule has 0 aliphatic carbocycles. The van der Waals surface area contributed by atoms with Crippen LogP contribution in [0, 0.1) is 10.1 Å². The highest BCUT2D eigenvalue weighted by Gasteiger charge is 2.28. The molecule has 0 aromatic carbocycles. The van der Waals surface area contributed by atoms with Crippen molar-refractivity contribution in [3.8, 4) is 0 Å². The standard InChI is InChI=1S/C7H4BrClF2N2O2/c8-4-3(1-9)2-12-5(7(10)11)6(4)13(14)15/h2,7H,1H2. The number of hydrogen-bond donors (Lipinski definition) is 0. The molecule has 82 valence electrons. The van der Waals surface area contributed by atoms with Crippen molar-refractivity contribution in [1.29, 1.82) is 0 Å². The second-order valence-corrected chi connectivity index (χ2v) is 3.58. The van der Waals surface area contributed by atoms with Gasteiger partial charge in [0.25, 0.3) is 6.43 Å². The number of nitrogens with zero attached hydrogens (tertiary/aromatic N) is 2. The van der Waals surface area contributed by atoms with E-state index < -0.39 is 22.7 Å². The van der Waals surface area contributed by atoms with Gasteiger partial charge in [0.15, 0.2) is 5.69 Å². The van der Waals surface area contributed by atoms with Crippen LogP contribution in [0.5, 0.6) is 0 Å². The maximum Gasteiger partial charge on any atom is 0.311 e. The summed E-state index contributed by atoms with van der Waals surface area (Å²) in [5, 5.41) is 10.6. The monoisotopic (exact) mass is 300 g/mol. The Morgan fingerprint density at radius 3 is 2.67 bits per heavy atom. The molecular weight excluding hydrogens is 297 g/mol. The Balaban J connectivity index is 3.44. The van der Waals surface area contributed by atoms with Crippen molar-refractivity contribution in [3.63, 3.8) is 0 Å². The normalized spacial score (nSPS) is 10.7. The summed E-state index contributed by atoms with van der Waals surface area (Å²) in [6.45, 7) is 0. The lowest BCUT2D eigenvalue weighted by Crippen LogP contribution is -2.02. The zero-order valence-electron chi connectivity index (χ0n) is 7.08. The second-order valence-electron chi connectivity index (χ2n) is 2.52. The largest absolute Gasteiger partial charge is 0.311 e. The predicted octanol–water partition coefficient (Wildman–Crippen LogP) is 3.43. The van der Waals surface area contributed by atoms with E-state index in [1.165, 1.54) is 0 Å². The molecule has 0 atom stereocenters. The molecule has 1 heterocycles.